The fourth-order valence-electron chi connectivity index (χ4n) is 3.47. The Kier molecular flexibility index (Phi) is 8.04. The first kappa shape index (κ1) is 23.5. The minimum atomic E-state index is -0.419. The number of hydrogen-bond acceptors (Lipinski definition) is 5. The maximum atomic E-state index is 12.3. The molecule has 3 aromatic rings. The molecule has 1 atom stereocenters. The average molecular weight is 448 g/mol. The van der Waals surface area contributed by atoms with Crippen LogP contribution >= 0.6 is 11.3 Å². The molecule has 0 bridgehead atoms. The van der Waals surface area contributed by atoms with Crippen molar-refractivity contribution in [2.75, 3.05) is 31.1 Å². The lowest BCUT2D eigenvalue weighted by atomic mass is 10.0. The van der Waals surface area contributed by atoms with E-state index in [1.165, 1.54) is 16.5 Å². The third kappa shape index (κ3) is 5.56. The summed E-state index contributed by atoms with van der Waals surface area (Å²) in [6, 6.07) is 18.9. The molecule has 2 N–H and O–H groups in total. The number of rotatable bonds is 9. The maximum Gasteiger partial charge on any atom is 0.261 e. The molecule has 0 aliphatic heterocycles. The molecular formula is C26H29N3O2S. The van der Waals surface area contributed by atoms with Crippen LogP contribution in [-0.4, -0.2) is 37.3 Å². The molecule has 6 heteroatoms. The largest absolute Gasteiger partial charge is 0.396 e. The quantitative estimate of drug-likeness (QED) is 0.355. The first-order chi connectivity index (χ1) is 15.5. The highest BCUT2D eigenvalue weighted by Crippen LogP contribution is 2.32. The number of nitrogens with zero attached hydrogens (tertiary/aromatic N) is 2. The Hall–Kier alpha value is -3.14. The standard InChI is InChI=1S/C26H29N3O2S/c1-4-29(5-2)23-9-8-19-12-21(7-6-20(19)13-23)25-11-10-24(32-25)14-22(15-27)26(31)28-16-18(3)17-30/h6-14,18,30H,4-5,16-17H2,1-3H3,(H,28,31)/b22-14+. The number of nitriles is 1. The molecule has 0 saturated heterocycles. The van der Waals surface area contributed by atoms with Crippen LogP contribution in [0.2, 0.25) is 0 Å². The summed E-state index contributed by atoms with van der Waals surface area (Å²) < 4.78 is 0. The van der Waals surface area contributed by atoms with Gasteiger partial charge in [-0.3, -0.25) is 4.79 Å². The number of thiophene rings is 1. The summed E-state index contributed by atoms with van der Waals surface area (Å²) >= 11 is 1.54. The second-order valence-electron chi connectivity index (χ2n) is 7.79. The highest BCUT2D eigenvalue weighted by atomic mass is 32.1. The zero-order valence-electron chi connectivity index (χ0n) is 18.8. The van der Waals surface area contributed by atoms with E-state index in [4.69, 9.17) is 5.11 Å². The van der Waals surface area contributed by atoms with E-state index < -0.39 is 5.91 Å². The smallest absolute Gasteiger partial charge is 0.261 e. The van der Waals surface area contributed by atoms with Gasteiger partial charge in [-0.2, -0.15) is 5.26 Å². The lowest BCUT2D eigenvalue weighted by Crippen LogP contribution is -2.30. The normalized spacial score (nSPS) is 12.4. The summed E-state index contributed by atoms with van der Waals surface area (Å²) in [4.78, 5) is 16.5. The second kappa shape index (κ2) is 10.9. The zero-order chi connectivity index (χ0) is 23.1. The van der Waals surface area contributed by atoms with Gasteiger partial charge >= 0.3 is 0 Å². The topological polar surface area (TPSA) is 76.4 Å². The van der Waals surface area contributed by atoms with E-state index in [9.17, 15) is 10.1 Å². The Morgan fingerprint density at radius 1 is 1.16 bits per heavy atom. The summed E-state index contributed by atoms with van der Waals surface area (Å²) in [7, 11) is 0. The molecule has 166 valence electrons. The number of carbonyl (C=O) groups is 1. The van der Waals surface area contributed by atoms with Gasteiger partial charge in [0.05, 0.1) is 0 Å². The summed E-state index contributed by atoms with van der Waals surface area (Å²) in [6.07, 6.45) is 1.62. The lowest BCUT2D eigenvalue weighted by molar-refractivity contribution is -0.117. The van der Waals surface area contributed by atoms with Crippen LogP contribution in [0.1, 0.15) is 25.6 Å². The van der Waals surface area contributed by atoms with Crippen LogP contribution in [0.15, 0.2) is 54.1 Å². The van der Waals surface area contributed by atoms with Crippen molar-refractivity contribution in [1.82, 2.24) is 5.32 Å². The van der Waals surface area contributed by atoms with E-state index >= 15 is 0 Å². The molecule has 0 saturated carbocycles. The third-order valence-electron chi connectivity index (χ3n) is 5.44. The van der Waals surface area contributed by atoms with Crippen molar-refractivity contribution >= 4 is 39.8 Å². The predicted molar refractivity (Wildman–Crippen MR) is 134 cm³/mol. The summed E-state index contributed by atoms with van der Waals surface area (Å²) in [5.41, 5.74) is 2.40. The molecule has 1 aromatic heterocycles. The summed E-state index contributed by atoms with van der Waals surface area (Å²) in [6.45, 7) is 8.44. The SMILES string of the molecule is CCN(CC)c1ccc2cc(-c3ccc(/C=C(\C#N)C(=O)NCC(C)CO)s3)ccc2c1. The van der Waals surface area contributed by atoms with Crippen LogP contribution in [0.25, 0.3) is 27.3 Å². The molecule has 0 aliphatic carbocycles. The Morgan fingerprint density at radius 2 is 1.88 bits per heavy atom. The van der Waals surface area contributed by atoms with Gasteiger partial charge in [0, 0.05) is 41.7 Å². The molecule has 3 rings (SSSR count). The molecule has 1 unspecified atom stereocenters. The van der Waals surface area contributed by atoms with Gasteiger partial charge in [-0.05, 0) is 72.5 Å². The molecule has 32 heavy (non-hydrogen) atoms. The summed E-state index contributed by atoms with van der Waals surface area (Å²) in [5, 5.41) is 23.6. The minimum absolute atomic E-state index is 0.0112. The number of carbonyl (C=O) groups excluding carboxylic acids is 1. The highest BCUT2D eigenvalue weighted by molar-refractivity contribution is 7.16. The fraction of sp³-hybridized carbons (Fsp3) is 0.308. The maximum absolute atomic E-state index is 12.3. The molecule has 5 nitrogen and oxygen atoms in total. The first-order valence-electron chi connectivity index (χ1n) is 10.9. The molecule has 0 fully saturated rings. The number of aliphatic hydroxyl groups is 1. The van der Waals surface area contributed by atoms with Crippen LogP contribution in [0.5, 0.6) is 0 Å². The van der Waals surface area contributed by atoms with E-state index in [-0.39, 0.29) is 18.1 Å². The van der Waals surface area contributed by atoms with E-state index in [1.807, 2.05) is 25.1 Å². The molecule has 0 radical (unpaired) electrons. The average Bonchev–Trinajstić information content (AvgIpc) is 3.29. The van der Waals surface area contributed by atoms with Crippen LogP contribution in [0, 0.1) is 17.2 Å². The first-order valence-corrected chi connectivity index (χ1v) is 11.7. The van der Waals surface area contributed by atoms with Crippen LogP contribution in [-0.2, 0) is 4.79 Å². The Balaban J connectivity index is 1.80. The second-order valence-corrected chi connectivity index (χ2v) is 8.90. The van der Waals surface area contributed by atoms with Gasteiger partial charge < -0.3 is 15.3 Å². The number of benzene rings is 2. The number of hydrogen-bond donors (Lipinski definition) is 2. The van der Waals surface area contributed by atoms with Gasteiger partial charge in [0.2, 0.25) is 0 Å². The molecule has 0 spiro atoms. The van der Waals surface area contributed by atoms with Gasteiger partial charge in [-0.1, -0.05) is 25.1 Å². The summed E-state index contributed by atoms with van der Waals surface area (Å²) in [5.74, 6) is -0.472. The van der Waals surface area contributed by atoms with Gasteiger partial charge in [-0.25, -0.2) is 0 Å². The number of fused-ring (bicyclic) bond motifs is 1. The van der Waals surface area contributed by atoms with Gasteiger partial charge in [0.25, 0.3) is 5.91 Å². The third-order valence-corrected chi connectivity index (χ3v) is 6.52. The van der Waals surface area contributed by atoms with E-state index in [0.717, 1.165) is 28.4 Å². The molecule has 1 heterocycles. The molecule has 2 aromatic carbocycles. The Bertz CT molecular complexity index is 1160. The van der Waals surface area contributed by atoms with Crippen molar-refractivity contribution in [3.63, 3.8) is 0 Å². The van der Waals surface area contributed by atoms with Crippen molar-refractivity contribution in [2.24, 2.45) is 5.92 Å². The fourth-order valence-corrected chi connectivity index (χ4v) is 4.42. The number of aliphatic hydroxyl groups excluding tert-OH is 1. The van der Waals surface area contributed by atoms with Crippen molar-refractivity contribution < 1.29 is 9.90 Å². The highest BCUT2D eigenvalue weighted by Gasteiger charge is 2.12. The van der Waals surface area contributed by atoms with Crippen molar-refractivity contribution in [2.45, 2.75) is 20.8 Å². The van der Waals surface area contributed by atoms with Crippen molar-refractivity contribution in [3.8, 4) is 16.5 Å². The number of anilines is 1. The van der Waals surface area contributed by atoms with Gasteiger partial charge in [-0.15, -0.1) is 11.3 Å². The number of amides is 1. The Labute approximate surface area is 193 Å². The molecule has 0 aliphatic rings. The van der Waals surface area contributed by atoms with E-state index in [2.05, 4.69) is 60.5 Å². The van der Waals surface area contributed by atoms with Crippen LogP contribution in [0.3, 0.4) is 0 Å². The molecule has 1 amide bonds. The van der Waals surface area contributed by atoms with Crippen molar-refractivity contribution in [1.29, 1.82) is 5.26 Å². The van der Waals surface area contributed by atoms with E-state index in [0.29, 0.717) is 6.54 Å². The minimum Gasteiger partial charge on any atom is -0.396 e. The van der Waals surface area contributed by atoms with Gasteiger partial charge in [0.15, 0.2) is 0 Å². The monoisotopic (exact) mass is 447 g/mol. The Morgan fingerprint density at radius 3 is 2.56 bits per heavy atom. The molecular weight excluding hydrogens is 418 g/mol. The number of nitrogens with one attached hydrogen (secondary N) is 1. The lowest BCUT2D eigenvalue weighted by Gasteiger charge is -2.21. The van der Waals surface area contributed by atoms with Gasteiger partial charge in [0.1, 0.15) is 11.6 Å². The predicted octanol–water partition coefficient (Wildman–Crippen LogP) is 5.07. The zero-order valence-corrected chi connectivity index (χ0v) is 19.6. The van der Waals surface area contributed by atoms with Crippen LogP contribution < -0.4 is 10.2 Å². The van der Waals surface area contributed by atoms with Crippen molar-refractivity contribution in [3.05, 3.63) is 59.0 Å². The van der Waals surface area contributed by atoms with Crippen LogP contribution in [0.4, 0.5) is 5.69 Å². The van der Waals surface area contributed by atoms with E-state index in [1.54, 1.807) is 17.4 Å².